The highest BCUT2D eigenvalue weighted by molar-refractivity contribution is 5.86. The number of alkyl halides is 2. The fraction of sp³-hybridized carbons (Fsp3) is 0.562. The van der Waals surface area contributed by atoms with E-state index in [9.17, 15) is 13.6 Å². The van der Waals surface area contributed by atoms with E-state index in [1.807, 2.05) is 0 Å². The molecule has 1 fully saturated rings. The second kappa shape index (κ2) is 9.03. The Hall–Kier alpha value is -1.60. The molecule has 1 aromatic rings. The molecule has 136 valence electrons. The minimum Gasteiger partial charge on any atom is -0.490 e. The molecule has 1 aromatic carbocycles. The van der Waals surface area contributed by atoms with Gasteiger partial charge in [0.2, 0.25) is 5.91 Å². The van der Waals surface area contributed by atoms with Crippen LogP contribution in [0.2, 0.25) is 0 Å². The van der Waals surface area contributed by atoms with Crippen LogP contribution >= 0.6 is 12.4 Å². The zero-order valence-electron chi connectivity index (χ0n) is 13.5. The van der Waals surface area contributed by atoms with Crippen LogP contribution in [0, 0.1) is 0 Å². The number of rotatable bonds is 7. The maximum Gasteiger partial charge on any atom is 0.387 e. The molecule has 0 unspecified atom stereocenters. The summed E-state index contributed by atoms with van der Waals surface area (Å²) in [6.07, 6.45) is 3.28. The number of amides is 1. The van der Waals surface area contributed by atoms with E-state index in [0.29, 0.717) is 19.4 Å². The summed E-state index contributed by atoms with van der Waals surface area (Å²) in [6, 6.07) is 4.60. The van der Waals surface area contributed by atoms with Crippen molar-refractivity contribution in [3.05, 3.63) is 23.8 Å². The first-order chi connectivity index (χ1) is 10.9. The highest BCUT2D eigenvalue weighted by atomic mass is 35.5. The Labute approximate surface area is 146 Å². The average molecular weight is 365 g/mol. The third-order valence-corrected chi connectivity index (χ3v) is 3.93. The van der Waals surface area contributed by atoms with Crippen LogP contribution in [-0.2, 0) is 11.3 Å². The Bertz CT molecular complexity index is 552. The van der Waals surface area contributed by atoms with Crippen LogP contribution in [0.1, 0.15) is 38.2 Å². The van der Waals surface area contributed by atoms with Crippen LogP contribution in [0.4, 0.5) is 8.78 Å². The first-order valence-corrected chi connectivity index (χ1v) is 7.72. The minimum absolute atomic E-state index is 0. The summed E-state index contributed by atoms with van der Waals surface area (Å²) in [5, 5.41) is 2.80. The maximum atomic E-state index is 12.4. The van der Waals surface area contributed by atoms with Gasteiger partial charge < -0.3 is 20.5 Å². The van der Waals surface area contributed by atoms with E-state index in [1.54, 1.807) is 19.1 Å². The number of benzene rings is 1. The molecule has 0 spiro atoms. The molecular formula is C16H23ClF2N2O3. The number of carbonyl (C=O) groups is 1. The summed E-state index contributed by atoms with van der Waals surface area (Å²) in [5.74, 6) is 0.0201. The van der Waals surface area contributed by atoms with Crippen LogP contribution in [0.3, 0.4) is 0 Å². The van der Waals surface area contributed by atoms with Gasteiger partial charge in [-0.15, -0.1) is 12.4 Å². The molecule has 1 saturated carbocycles. The molecule has 0 saturated heterocycles. The number of carbonyl (C=O) groups excluding carboxylic acids is 1. The maximum absolute atomic E-state index is 12.4. The van der Waals surface area contributed by atoms with E-state index < -0.39 is 12.2 Å². The van der Waals surface area contributed by atoms with Crippen LogP contribution in [-0.4, -0.2) is 24.7 Å². The van der Waals surface area contributed by atoms with Crippen LogP contribution in [0.15, 0.2) is 18.2 Å². The summed E-state index contributed by atoms with van der Waals surface area (Å²) >= 11 is 0. The van der Waals surface area contributed by atoms with Crippen molar-refractivity contribution in [1.82, 2.24) is 5.32 Å². The van der Waals surface area contributed by atoms with Crippen molar-refractivity contribution < 1.29 is 23.0 Å². The third-order valence-electron chi connectivity index (χ3n) is 3.93. The quantitative estimate of drug-likeness (QED) is 0.780. The molecule has 0 heterocycles. The fourth-order valence-electron chi connectivity index (χ4n) is 2.72. The van der Waals surface area contributed by atoms with Gasteiger partial charge in [-0.25, -0.2) is 0 Å². The summed E-state index contributed by atoms with van der Waals surface area (Å²) in [5.41, 5.74) is 6.02. The van der Waals surface area contributed by atoms with Gasteiger partial charge in [-0.05, 0) is 37.5 Å². The predicted octanol–water partition coefficient (Wildman–Crippen LogP) is 3.00. The van der Waals surface area contributed by atoms with Crippen LogP contribution in [0.25, 0.3) is 0 Å². The van der Waals surface area contributed by atoms with E-state index in [2.05, 4.69) is 10.1 Å². The Morgan fingerprint density at radius 2 is 2.00 bits per heavy atom. The van der Waals surface area contributed by atoms with Crippen molar-refractivity contribution in [2.45, 2.75) is 51.3 Å². The average Bonchev–Trinajstić information content (AvgIpc) is 2.95. The first-order valence-electron chi connectivity index (χ1n) is 7.72. The number of hydrogen-bond donors (Lipinski definition) is 2. The van der Waals surface area contributed by atoms with Gasteiger partial charge in [0.15, 0.2) is 11.5 Å². The van der Waals surface area contributed by atoms with Crippen molar-refractivity contribution in [3.63, 3.8) is 0 Å². The molecule has 0 bridgehead atoms. The molecule has 8 heteroatoms. The van der Waals surface area contributed by atoms with E-state index >= 15 is 0 Å². The zero-order valence-corrected chi connectivity index (χ0v) is 14.3. The highest BCUT2D eigenvalue weighted by Gasteiger charge is 2.36. The summed E-state index contributed by atoms with van der Waals surface area (Å²) in [6.45, 7) is -0.591. The van der Waals surface area contributed by atoms with Crippen molar-refractivity contribution in [3.8, 4) is 11.5 Å². The molecule has 1 aliphatic carbocycles. The lowest BCUT2D eigenvalue weighted by atomic mass is 9.98. The number of nitrogens with one attached hydrogen (secondary N) is 1. The smallest absolute Gasteiger partial charge is 0.387 e. The lowest BCUT2D eigenvalue weighted by molar-refractivity contribution is -0.126. The number of nitrogens with two attached hydrogens (primary N) is 1. The van der Waals surface area contributed by atoms with E-state index in [4.69, 9.17) is 10.5 Å². The van der Waals surface area contributed by atoms with Crippen molar-refractivity contribution in [2.24, 2.45) is 5.73 Å². The standard InChI is InChI=1S/C16H22F2N2O3.ClH/c1-2-22-13-9-11(5-6-12(13)23-15(17)18)10-20-14(21)16(19)7-3-4-8-16;/h5-6,9,15H,2-4,7-8,10,19H2,1H3,(H,20,21);1H. The predicted molar refractivity (Wildman–Crippen MR) is 88.7 cm³/mol. The molecule has 1 aliphatic rings. The minimum atomic E-state index is -2.92. The van der Waals surface area contributed by atoms with E-state index in [1.165, 1.54) is 6.07 Å². The fourth-order valence-corrected chi connectivity index (χ4v) is 2.72. The Morgan fingerprint density at radius 3 is 2.58 bits per heavy atom. The zero-order chi connectivity index (χ0) is 16.9. The van der Waals surface area contributed by atoms with E-state index in [0.717, 1.165) is 18.4 Å². The van der Waals surface area contributed by atoms with Crippen LogP contribution < -0.4 is 20.5 Å². The molecule has 1 amide bonds. The number of hydrogen-bond acceptors (Lipinski definition) is 4. The SMILES string of the molecule is CCOc1cc(CNC(=O)C2(N)CCCC2)ccc1OC(F)F.Cl. The molecule has 0 atom stereocenters. The third kappa shape index (κ3) is 5.21. The Balaban J connectivity index is 0.00000288. The summed E-state index contributed by atoms with van der Waals surface area (Å²) in [7, 11) is 0. The number of halogens is 3. The van der Waals surface area contributed by atoms with Gasteiger partial charge in [0, 0.05) is 6.54 Å². The molecule has 0 aromatic heterocycles. The number of ether oxygens (including phenoxy) is 2. The molecule has 24 heavy (non-hydrogen) atoms. The monoisotopic (exact) mass is 364 g/mol. The molecule has 5 nitrogen and oxygen atoms in total. The molecule has 0 aliphatic heterocycles. The second-order valence-electron chi connectivity index (χ2n) is 5.64. The normalized spacial score (nSPS) is 15.7. The van der Waals surface area contributed by atoms with E-state index in [-0.39, 0.29) is 36.4 Å². The van der Waals surface area contributed by atoms with Gasteiger partial charge >= 0.3 is 6.61 Å². The molecular weight excluding hydrogens is 342 g/mol. The second-order valence-corrected chi connectivity index (χ2v) is 5.64. The van der Waals surface area contributed by atoms with Crippen molar-refractivity contribution >= 4 is 18.3 Å². The van der Waals surface area contributed by atoms with Gasteiger partial charge in [-0.2, -0.15) is 8.78 Å². The topological polar surface area (TPSA) is 73.6 Å². The molecule has 2 rings (SSSR count). The lowest BCUT2D eigenvalue weighted by Crippen LogP contribution is -2.51. The Morgan fingerprint density at radius 1 is 1.33 bits per heavy atom. The van der Waals surface area contributed by atoms with Crippen molar-refractivity contribution in [1.29, 1.82) is 0 Å². The van der Waals surface area contributed by atoms with Gasteiger partial charge in [0.05, 0.1) is 12.1 Å². The van der Waals surface area contributed by atoms with Gasteiger partial charge in [-0.1, -0.05) is 18.9 Å². The molecule has 0 radical (unpaired) electrons. The summed E-state index contributed by atoms with van der Waals surface area (Å²) < 4.78 is 34.4. The van der Waals surface area contributed by atoms with Crippen LogP contribution in [0.5, 0.6) is 11.5 Å². The highest BCUT2D eigenvalue weighted by Crippen LogP contribution is 2.30. The summed E-state index contributed by atoms with van der Waals surface area (Å²) in [4.78, 5) is 12.2. The van der Waals surface area contributed by atoms with Gasteiger partial charge in [0.1, 0.15) is 0 Å². The Kier molecular flexibility index (Phi) is 7.69. The first kappa shape index (κ1) is 20.4. The van der Waals surface area contributed by atoms with Gasteiger partial charge in [0.25, 0.3) is 0 Å². The lowest BCUT2D eigenvalue weighted by Gasteiger charge is -2.22. The van der Waals surface area contributed by atoms with Gasteiger partial charge in [-0.3, -0.25) is 4.79 Å². The largest absolute Gasteiger partial charge is 0.490 e. The molecule has 3 N–H and O–H groups in total. The van der Waals surface area contributed by atoms with Crippen molar-refractivity contribution in [2.75, 3.05) is 6.61 Å².